The molecule has 2 fully saturated rings. The molecular weight excluding hydrogens is 532 g/mol. The maximum atomic E-state index is 11.8. The topological polar surface area (TPSA) is 100 Å². The SMILES string of the molecule is C=CCOC(=O)NCc1cccc(-c2cccc([C@@H]3O[C@H](CN4CCC[C@H]4CO)C[C@H](c4ccc(CO)cc4)O3)c2)c1. The molecule has 42 heavy (non-hydrogen) atoms. The van der Waals surface area contributed by atoms with Crippen LogP contribution in [0.25, 0.3) is 11.1 Å². The van der Waals surface area contributed by atoms with Gasteiger partial charge in [0, 0.05) is 31.1 Å². The highest BCUT2D eigenvalue weighted by Gasteiger charge is 2.35. The molecule has 1 amide bonds. The maximum Gasteiger partial charge on any atom is 0.407 e. The smallest absolute Gasteiger partial charge is 0.407 e. The summed E-state index contributed by atoms with van der Waals surface area (Å²) in [5, 5.41) is 22.1. The molecule has 2 saturated heterocycles. The number of hydrogen-bond donors (Lipinski definition) is 3. The lowest BCUT2D eigenvalue weighted by molar-refractivity contribution is -0.253. The molecule has 2 aliphatic heterocycles. The zero-order valence-corrected chi connectivity index (χ0v) is 23.9. The number of carbonyl (C=O) groups is 1. The lowest BCUT2D eigenvalue weighted by Crippen LogP contribution is -2.42. The molecule has 2 aliphatic rings. The summed E-state index contributed by atoms with van der Waals surface area (Å²) >= 11 is 0. The van der Waals surface area contributed by atoms with Crippen molar-refractivity contribution in [3.63, 3.8) is 0 Å². The molecule has 5 rings (SSSR count). The van der Waals surface area contributed by atoms with Crippen molar-refractivity contribution in [3.8, 4) is 11.1 Å². The van der Waals surface area contributed by atoms with Gasteiger partial charge in [0.15, 0.2) is 6.29 Å². The van der Waals surface area contributed by atoms with E-state index in [0.29, 0.717) is 13.0 Å². The van der Waals surface area contributed by atoms with Crippen molar-refractivity contribution < 1.29 is 29.2 Å². The Morgan fingerprint density at radius 2 is 1.79 bits per heavy atom. The molecule has 222 valence electrons. The Balaban J connectivity index is 1.35. The van der Waals surface area contributed by atoms with E-state index in [1.165, 1.54) is 6.08 Å². The van der Waals surface area contributed by atoms with Crippen molar-refractivity contribution in [1.82, 2.24) is 10.2 Å². The number of nitrogens with zero attached hydrogens (tertiary/aromatic N) is 1. The van der Waals surface area contributed by atoms with Crippen LogP contribution in [0, 0.1) is 0 Å². The highest BCUT2D eigenvalue weighted by Crippen LogP contribution is 2.39. The Kier molecular flexibility index (Phi) is 10.4. The Morgan fingerprint density at radius 1 is 1.00 bits per heavy atom. The van der Waals surface area contributed by atoms with Crippen LogP contribution in [-0.2, 0) is 27.4 Å². The molecule has 0 radical (unpaired) electrons. The summed E-state index contributed by atoms with van der Waals surface area (Å²) in [6, 6.07) is 24.3. The van der Waals surface area contributed by atoms with Gasteiger partial charge < -0.3 is 29.7 Å². The average Bonchev–Trinajstić information content (AvgIpc) is 3.49. The van der Waals surface area contributed by atoms with E-state index in [-0.39, 0.29) is 38.1 Å². The van der Waals surface area contributed by atoms with Gasteiger partial charge in [0.25, 0.3) is 0 Å². The van der Waals surface area contributed by atoms with E-state index >= 15 is 0 Å². The standard InChI is InChI=1S/C34H40N2O6/c1-2-16-40-34(39)35-20-25-6-3-7-27(17-25)28-8-4-9-29(18-28)33-41-31(21-36-15-5-10-30(36)23-38)19-32(42-33)26-13-11-24(22-37)12-14-26/h2-4,6-9,11-14,17-18,30-33,37-38H,1,5,10,15-16,19-23H2,(H,35,39)/t30-,31-,32+,33+/m0/s1. The number of amides is 1. The number of nitrogens with one attached hydrogen (secondary N) is 1. The fourth-order valence-electron chi connectivity index (χ4n) is 5.72. The summed E-state index contributed by atoms with van der Waals surface area (Å²) in [5.41, 5.74) is 5.82. The lowest BCUT2D eigenvalue weighted by atomic mass is 9.98. The number of benzene rings is 3. The Morgan fingerprint density at radius 3 is 2.55 bits per heavy atom. The minimum absolute atomic E-state index is 0.00112. The molecule has 2 heterocycles. The quantitative estimate of drug-likeness (QED) is 0.270. The van der Waals surface area contributed by atoms with Crippen molar-refractivity contribution in [3.05, 3.63) is 108 Å². The number of alkyl carbamates (subject to hydrolysis) is 1. The number of carbonyl (C=O) groups excluding carboxylic acids is 1. The fraction of sp³-hybridized carbons (Fsp3) is 0.382. The van der Waals surface area contributed by atoms with Gasteiger partial charge in [0.05, 0.1) is 25.4 Å². The van der Waals surface area contributed by atoms with Crippen LogP contribution < -0.4 is 5.32 Å². The van der Waals surface area contributed by atoms with Crippen LogP contribution in [0.4, 0.5) is 4.79 Å². The van der Waals surface area contributed by atoms with Crippen LogP contribution in [0.3, 0.4) is 0 Å². The molecule has 4 atom stereocenters. The molecule has 3 aromatic carbocycles. The van der Waals surface area contributed by atoms with E-state index in [2.05, 4.69) is 28.9 Å². The predicted molar refractivity (Wildman–Crippen MR) is 160 cm³/mol. The molecule has 0 aromatic heterocycles. The largest absolute Gasteiger partial charge is 0.445 e. The van der Waals surface area contributed by atoms with E-state index in [9.17, 15) is 15.0 Å². The van der Waals surface area contributed by atoms with Crippen molar-refractivity contribution in [2.75, 3.05) is 26.3 Å². The van der Waals surface area contributed by atoms with Crippen LogP contribution in [0.5, 0.6) is 0 Å². The molecule has 3 aromatic rings. The normalized spacial score (nSPS) is 22.5. The highest BCUT2D eigenvalue weighted by molar-refractivity contribution is 5.68. The van der Waals surface area contributed by atoms with Crippen molar-refractivity contribution in [1.29, 1.82) is 0 Å². The zero-order valence-electron chi connectivity index (χ0n) is 23.9. The average molecular weight is 573 g/mol. The van der Waals surface area contributed by atoms with Crippen LogP contribution in [0.1, 0.15) is 53.9 Å². The number of aliphatic hydroxyl groups is 2. The summed E-state index contributed by atoms with van der Waals surface area (Å²) in [7, 11) is 0. The number of likely N-dealkylation sites (tertiary alicyclic amines) is 1. The van der Waals surface area contributed by atoms with Crippen molar-refractivity contribution in [2.24, 2.45) is 0 Å². The van der Waals surface area contributed by atoms with Crippen LogP contribution in [0.2, 0.25) is 0 Å². The Hall–Kier alpha value is -3.53. The van der Waals surface area contributed by atoms with Gasteiger partial charge in [-0.3, -0.25) is 4.90 Å². The third kappa shape index (κ3) is 7.65. The van der Waals surface area contributed by atoms with Crippen LogP contribution in [-0.4, -0.2) is 59.7 Å². The Labute approximate surface area is 247 Å². The lowest BCUT2D eigenvalue weighted by Gasteiger charge is -2.38. The summed E-state index contributed by atoms with van der Waals surface area (Å²) in [6.45, 7) is 5.92. The molecule has 0 spiro atoms. The van der Waals surface area contributed by atoms with Gasteiger partial charge in [0.1, 0.15) is 6.61 Å². The van der Waals surface area contributed by atoms with Gasteiger partial charge in [-0.1, -0.05) is 73.3 Å². The van der Waals surface area contributed by atoms with E-state index in [1.807, 2.05) is 60.7 Å². The van der Waals surface area contributed by atoms with Gasteiger partial charge in [-0.05, 0) is 59.3 Å². The molecule has 3 N–H and O–H groups in total. The molecular formula is C34H40N2O6. The van der Waals surface area contributed by atoms with Gasteiger partial charge in [-0.15, -0.1) is 0 Å². The summed E-state index contributed by atoms with van der Waals surface area (Å²) < 4.78 is 18.2. The number of aliphatic hydroxyl groups excluding tert-OH is 2. The number of hydrogen-bond acceptors (Lipinski definition) is 7. The summed E-state index contributed by atoms with van der Waals surface area (Å²) in [5.74, 6) is 0. The van der Waals surface area contributed by atoms with Gasteiger partial charge in [-0.2, -0.15) is 0 Å². The molecule has 0 aliphatic carbocycles. The van der Waals surface area contributed by atoms with Crippen molar-refractivity contribution in [2.45, 2.75) is 57.0 Å². The van der Waals surface area contributed by atoms with Gasteiger partial charge in [0.2, 0.25) is 0 Å². The van der Waals surface area contributed by atoms with E-state index in [0.717, 1.165) is 59.3 Å². The molecule has 8 nitrogen and oxygen atoms in total. The minimum Gasteiger partial charge on any atom is -0.445 e. The van der Waals surface area contributed by atoms with E-state index in [1.54, 1.807) is 0 Å². The Bertz CT molecular complexity index is 1330. The van der Waals surface area contributed by atoms with E-state index < -0.39 is 12.4 Å². The molecule has 0 saturated carbocycles. The molecule has 0 unspecified atom stereocenters. The van der Waals surface area contributed by atoms with Gasteiger partial charge >= 0.3 is 6.09 Å². The van der Waals surface area contributed by atoms with E-state index in [4.69, 9.17) is 14.2 Å². The van der Waals surface area contributed by atoms with Crippen LogP contribution >= 0.6 is 0 Å². The maximum absolute atomic E-state index is 11.8. The van der Waals surface area contributed by atoms with Gasteiger partial charge in [-0.25, -0.2) is 4.79 Å². The second kappa shape index (κ2) is 14.6. The first-order valence-electron chi connectivity index (χ1n) is 14.6. The highest BCUT2D eigenvalue weighted by atomic mass is 16.7. The monoisotopic (exact) mass is 572 g/mol. The molecule has 0 bridgehead atoms. The molecule has 8 heteroatoms. The van der Waals surface area contributed by atoms with Crippen molar-refractivity contribution >= 4 is 6.09 Å². The third-order valence-corrected chi connectivity index (χ3v) is 7.95. The first-order valence-corrected chi connectivity index (χ1v) is 14.6. The fourth-order valence-corrected chi connectivity index (χ4v) is 5.72. The number of ether oxygens (including phenoxy) is 3. The second-order valence-electron chi connectivity index (χ2n) is 10.9. The number of rotatable bonds is 11. The summed E-state index contributed by atoms with van der Waals surface area (Å²) in [6.07, 6.45) is 3.02. The minimum atomic E-state index is -0.564. The predicted octanol–water partition coefficient (Wildman–Crippen LogP) is 5.26. The first kappa shape index (κ1) is 29.9. The zero-order chi connectivity index (χ0) is 29.3. The van der Waals surface area contributed by atoms with Crippen LogP contribution in [0.15, 0.2) is 85.5 Å². The first-order chi connectivity index (χ1) is 20.6. The third-order valence-electron chi connectivity index (χ3n) is 7.95. The summed E-state index contributed by atoms with van der Waals surface area (Å²) in [4.78, 5) is 14.2. The second-order valence-corrected chi connectivity index (χ2v) is 10.9.